The van der Waals surface area contributed by atoms with Crippen molar-refractivity contribution in [2.45, 2.75) is 174 Å². The van der Waals surface area contributed by atoms with Crippen LogP contribution in [0, 0.1) is 0 Å². The molecule has 0 rings (SSSR count). The fraction of sp³-hybridized carbons (Fsp3) is 0.939. The van der Waals surface area contributed by atoms with Gasteiger partial charge in [0.2, 0.25) is 0 Å². The number of hydrogen-bond acceptors (Lipinski definition) is 6. The highest BCUT2D eigenvalue weighted by atomic mass is 16.7. The minimum absolute atomic E-state index is 0.0664. The van der Waals surface area contributed by atoms with E-state index in [1.54, 1.807) is 0 Å². The summed E-state index contributed by atoms with van der Waals surface area (Å²) in [5.74, 6) is -0.437. The van der Waals surface area contributed by atoms with Crippen LogP contribution in [-0.2, 0) is 28.5 Å². The summed E-state index contributed by atoms with van der Waals surface area (Å²) in [6.07, 6.45) is 27.8. The summed E-state index contributed by atoms with van der Waals surface area (Å²) >= 11 is 0. The average Bonchev–Trinajstić information content (AvgIpc) is 2.94. The average molecular weight is 557 g/mol. The summed E-state index contributed by atoms with van der Waals surface area (Å²) in [5, 5.41) is 0. The number of esters is 2. The minimum Gasteiger partial charge on any atom is -0.463 e. The Labute approximate surface area is 241 Å². The Hall–Kier alpha value is -1.14. The fourth-order valence-electron chi connectivity index (χ4n) is 4.69. The molecule has 0 aromatic carbocycles. The Balaban J connectivity index is 3.76. The fourth-order valence-corrected chi connectivity index (χ4v) is 4.69. The summed E-state index contributed by atoms with van der Waals surface area (Å²) in [7, 11) is 1.54. The maximum atomic E-state index is 12.1. The molecule has 0 aliphatic rings. The largest absolute Gasteiger partial charge is 0.463 e. The molecule has 0 amide bonds. The van der Waals surface area contributed by atoms with Gasteiger partial charge in [-0.15, -0.1) is 0 Å². The molecule has 0 aromatic heterocycles. The second-order valence-corrected chi connectivity index (χ2v) is 11.1. The Bertz CT molecular complexity index is 482. The van der Waals surface area contributed by atoms with E-state index < -0.39 is 6.10 Å². The first-order valence-corrected chi connectivity index (χ1v) is 16.6. The predicted molar refractivity (Wildman–Crippen MR) is 161 cm³/mol. The van der Waals surface area contributed by atoms with Crippen LogP contribution in [0.3, 0.4) is 0 Å². The van der Waals surface area contributed by atoms with Gasteiger partial charge in [-0.25, -0.2) is 0 Å². The standard InChI is InChI=1S/C33H64O6/c1-4-6-8-10-12-14-16-18-20-22-24-26-32(34)37-28-31(39-30-36-3)29-38-33(35)27-25-23-21-19-17-15-13-11-9-7-5-2/h31H,4-30H2,1-3H3. The Morgan fingerprint density at radius 2 is 0.795 bits per heavy atom. The molecule has 0 aliphatic carbocycles. The Morgan fingerprint density at radius 1 is 0.487 bits per heavy atom. The number of carbonyl (C=O) groups excluding carboxylic acids is 2. The molecule has 39 heavy (non-hydrogen) atoms. The molecule has 0 bridgehead atoms. The van der Waals surface area contributed by atoms with E-state index in [9.17, 15) is 9.59 Å². The maximum absolute atomic E-state index is 12.1. The highest BCUT2D eigenvalue weighted by Gasteiger charge is 2.15. The lowest BCUT2D eigenvalue weighted by Crippen LogP contribution is -2.29. The first-order valence-electron chi connectivity index (χ1n) is 16.6. The number of unbranched alkanes of at least 4 members (excludes halogenated alkanes) is 20. The van der Waals surface area contributed by atoms with Crippen molar-refractivity contribution in [3.8, 4) is 0 Å². The van der Waals surface area contributed by atoms with Crippen molar-refractivity contribution in [2.75, 3.05) is 27.1 Å². The van der Waals surface area contributed by atoms with Crippen LogP contribution in [-0.4, -0.2) is 45.2 Å². The predicted octanol–water partition coefficient (Wildman–Crippen LogP) is 9.46. The number of hydrogen-bond donors (Lipinski definition) is 0. The van der Waals surface area contributed by atoms with E-state index in [2.05, 4.69) is 13.8 Å². The lowest BCUT2D eigenvalue weighted by molar-refractivity contribution is -0.162. The van der Waals surface area contributed by atoms with Gasteiger partial charge in [-0.2, -0.15) is 0 Å². The van der Waals surface area contributed by atoms with Gasteiger partial charge in [0.25, 0.3) is 0 Å². The summed E-state index contributed by atoms with van der Waals surface area (Å²) in [5.41, 5.74) is 0. The van der Waals surface area contributed by atoms with E-state index in [1.807, 2.05) is 0 Å². The molecule has 0 N–H and O–H groups in total. The third-order valence-corrected chi connectivity index (χ3v) is 7.25. The van der Waals surface area contributed by atoms with Crippen LogP contribution < -0.4 is 0 Å². The van der Waals surface area contributed by atoms with E-state index in [4.69, 9.17) is 18.9 Å². The molecule has 0 saturated heterocycles. The van der Waals surface area contributed by atoms with Crippen LogP contribution in [0.1, 0.15) is 168 Å². The maximum Gasteiger partial charge on any atom is 0.305 e. The second-order valence-electron chi connectivity index (χ2n) is 11.1. The highest BCUT2D eigenvalue weighted by molar-refractivity contribution is 5.69. The highest BCUT2D eigenvalue weighted by Crippen LogP contribution is 2.14. The van der Waals surface area contributed by atoms with E-state index in [-0.39, 0.29) is 31.9 Å². The smallest absolute Gasteiger partial charge is 0.305 e. The van der Waals surface area contributed by atoms with Crippen molar-refractivity contribution in [3.05, 3.63) is 0 Å². The number of carbonyl (C=O) groups is 2. The summed E-state index contributed by atoms with van der Waals surface area (Å²) in [6, 6.07) is 0. The zero-order valence-electron chi connectivity index (χ0n) is 26.1. The van der Waals surface area contributed by atoms with E-state index in [0.29, 0.717) is 12.8 Å². The third-order valence-electron chi connectivity index (χ3n) is 7.25. The van der Waals surface area contributed by atoms with Crippen LogP contribution in [0.4, 0.5) is 0 Å². The lowest BCUT2D eigenvalue weighted by atomic mass is 10.1. The van der Waals surface area contributed by atoms with Crippen molar-refractivity contribution >= 4 is 11.9 Å². The van der Waals surface area contributed by atoms with Gasteiger partial charge in [0.1, 0.15) is 26.1 Å². The summed E-state index contributed by atoms with van der Waals surface area (Å²) < 4.78 is 21.3. The van der Waals surface area contributed by atoms with Crippen LogP contribution in [0.5, 0.6) is 0 Å². The zero-order chi connectivity index (χ0) is 28.7. The molecule has 6 nitrogen and oxygen atoms in total. The number of rotatable bonds is 31. The van der Waals surface area contributed by atoms with Gasteiger partial charge >= 0.3 is 11.9 Å². The van der Waals surface area contributed by atoms with Crippen molar-refractivity contribution in [3.63, 3.8) is 0 Å². The molecule has 0 aromatic rings. The molecule has 232 valence electrons. The molecule has 0 heterocycles. The minimum atomic E-state index is -0.507. The van der Waals surface area contributed by atoms with E-state index in [0.717, 1.165) is 25.7 Å². The summed E-state index contributed by atoms with van der Waals surface area (Å²) in [4.78, 5) is 24.3. The molecular formula is C33H64O6. The molecule has 0 unspecified atom stereocenters. The number of ether oxygens (including phenoxy) is 4. The first-order chi connectivity index (χ1) is 19.1. The quantitative estimate of drug-likeness (QED) is 0.0481. The normalized spacial score (nSPS) is 11.3. The van der Waals surface area contributed by atoms with Gasteiger partial charge in [0.05, 0.1) is 0 Å². The van der Waals surface area contributed by atoms with Gasteiger partial charge in [0.15, 0.2) is 0 Å². The SMILES string of the molecule is CCCCCCCCCCCCCC(=O)OCC(COC(=O)CCCCCCCCCCCCC)OCOC. The van der Waals surface area contributed by atoms with Gasteiger partial charge in [-0.3, -0.25) is 9.59 Å². The lowest BCUT2D eigenvalue weighted by Gasteiger charge is -2.17. The third kappa shape index (κ3) is 29.7. The van der Waals surface area contributed by atoms with Crippen LogP contribution in [0.2, 0.25) is 0 Å². The van der Waals surface area contributed by atoms with E-state index >= 15 is 0 Å². The number of methoxy groups -OCH3 is 1. The van der Waals surface area contributed by atoms with Crippen molar-refractivity contribution in [2.24, 2.45) is 0 Å². The monoisotopic (exact) mass is 556 g/mol. The van der Waals surface area contributed by atoms with Gasteiger partial charge in [0, 0.05) is 20.0 Å². The Kier molecular flexibility index (Phi) is 30.5. The van der Waals surface area contributed by atoms with Crippen LogP contribution in [0.25, 0.3) is 0 Å². The first kappa shape index (κ1) is 37.9. The molecule has 6 heteroatoms. The van der Waals surface area contributed by atoms with E-state index in [1.165, 1.54) is 123 Å². The molecule has 0 atom stereocenters. The van der Waals surface area contributed by atoms with Crippen LogP contribution in [0.15, 0.2) is 0 Å². The van der Waals surface area contributed by atoms with Gasteiger partial charge in [-0.05, 0) is 12.8 Å². The van der Waals surface area contributed by atoms with Crippen molar-refractivity contribution in [1.29, 1.82) is 0 Å². The summed E-state index contributed by atoms with van der Waals surface area (Å²) in [6.45, 7) is 4.72. The molecule has 0 fully saturated rings. The second kappa shape index (κ2) is 31.4. The molecule has 0 spiro atoms. The zero-order valence-corrected chi connectivity index (χ0v) is 26.1. The van der Waals surface area contributed by atoms with Gasteiger partial charge in [-0.1, -0.05) is 142 Å². The van der Waals surface area contributed by atoms with Gasteiger partial charge < -0.3 is 18.9 Å². The van der Waals surface area contributed by atoms with Crippen molar-refractivity contribution in [1.82, 2.24) is 0 Å². The topological polar surface area (TPSA) is 71.1 Å². The molecule has 0 saturated carbocycles. The molecule has 0 aliphatic heterocycles. The molecule has 0 radical (unpaired) electrons. The van der Waals surface area contributed by atoms with Crippen LogP contribution >= 0.6 is 0 Å². The molecular weight excluding hydrogens is 492 g/mol. The van der Waals surface area contributed by atoms with Crippen molar-refractivity contribution < 1.29 is 28.5 Å². The Morgan fingerprint density at radius 3 is 1.10 bits per heavy atom.